The predicted octanol–water partition coefficient (Wildman–Crippen LogP) is 14.3. The summed E-state index contributed by atoms with van der Waals surface area (Å²) in [6, 6.07) is 69.0. The largest absolute Gasteiger partial charge is 0.310 e. The van der Waals surface area contributed by atoms with Crippen molar-refractivity contribution in [2.75, 3.05) is 4.90 Å². The number of benzene rings is 9. The summed E-state index contributed by atoms with van der Waals surface area (Å²) >= 11 is 0. The molecule has 0 unspecified atom stereocenters. The Balaban J connectivity index is 1.15. The zero-order valence-electron chi connectivity index (χ0n) is 29.3. The van der Waals surface area contributed by atoms with Crippen LogP contribution in [0.25, 0.3) is 65.7 Å². The highest BCUT2D eigenvalue weighted by molar-refractivity contribution is 6.18. The summed E-state index contributed by atoms with van der Waals surface area (Å²) in [7, 11) is 0. The molecule has 246 valence electrons. The van der Waals surface area contributed by atoms with Crippen molar-refractivity contribution in [3.05, 3.63) is 199 Å². The van der Waals surface area contributed by atoms with E-state index in [9.17, 15) is 0 Å². The van der Waals surface area contributed by atoms with Gasteiger partial charge in [0.2, 0.25) is 0 Å². The van der Waals surface area contributed by atoms with Crippen LogP contribution >= 0.6 is 0 Å². The minimum Gasteiger partial charge on any atom is -0.310 e. The molecule has 0 fully saturated rings. The number of rotatable bonds is 5. The van der Waals surface area contributed by atoms with E-state index >= 15 is 0 Å². The van der Waals surface area contributed by atoms with E-state index in [0.29, 0.717) is 0 Å². The Hall–Kier alpha value is -6.44. The lowest BCUT2D eigenvalue weighted by Gasteiger charge is -2.28. The summed E-state index contributed by atoms with van der Waals surface area (Å²) in [6.45, 7) is 4.81. The van der Waals surface area contributed by atoms with Gasteiger partial charge in [0.05, 0.1) is 0 Å². The summed E-state index contributed by atoms with van der Waals surface area (Å²) in [4.78, 5) is 2.39. The van der Waals surface area contributed by atoms with Crippen molar-refractivity contribution in [2.45, 2.75) is 19.3 Å². The Bertz CT molecular complexity index is 2790. The van der Waals surface area contributed by atoms with Gasteiger partial charge in [-0.15, -0.1) is 0 Å². The van der Waals surface area contributed by atoms with Gasteiger partial charge < -0.3 is 4.90 Å². The van der Waals surface area contributed by atoms with Crippen molar-refractivity contribution >= 4 is 49.4 Å². The second kappa shape index (κ2) is 11.8. The first-order chi connectivity index (χ1) is 25.6. The van der Waals surface area contributed by atoms with Crippen LogP contribution in [0.4, 0.5) is 17.1 Å². The van der Waals surface area contributed by atoms with Crippen LogP contribution in [0.2, 0.25) is 0 Å². The Morgan fingerprint density at radius 1 is 0.346 bits per heavy atom. The van der Waals surface area contributed by atoms with Crippen LogP contribution in [-0.4, -0.2) is 0 Å². The van der Waals surface area contributed by atoms with Gasteiger partial charge in [0.1, 0.15) is 0 Å². The fraction of sp³-hybridized carbons (Fsp3) is 0.0588. The van der Waals surface area contributed by atoms with Crippen molar-refractivity contribution < 1.29 is 0 Å². The standard InChI is InChI=1S/C51H37N/c1-51(2)48-32-39(52(37-18-7-4-8-19-37)38-27-25-35(26-28-38)34-15-5-3-6-16-34)29-30-45(48)50-44-24-14-13-23-43(44)47(33-49(50)51)46-31-36-17-9-10-20-40(36)41-21-11-12-22-42(41)46/h3-33H,1-2H3. The van der Waals surface area contributed by atoms with Gasteiger partial charge in [-0.2, -0.15) is 0 Å². The SMILES string of the molecule is CC1(C)c2cc(N(c3ccccc3)c3ccc(-c4ccccc4)cc3)ccc2-c2c1cc(-c1cc3ccccc3c3ccccc13)c1ccccc21. The molecule has 0 aromatic heterocycles. The number of fused-ring (bicyclic) bond motifs is 8. The molecular weight excluding hydrogens is 627 g/mol. The summed E-state index contributed by atoms with van der Waals surface area (Å²) in [6.07, 6.45) is 0. The molecule has 1 nitrogen and oxygen atoms in total. The van der Waals surface area contributed by atoms with Crippen LogP contribution < -0.4 is 4.90 Å². The number of hydrogen-bond acceptors (Lipinski definition) is 1. The first kappa shape index (κ1) is 30.4. The maximum absolute atomic E-state index is 2.51. The molecule has 0 heterocycles. The molecule has 1 heteroatoms. The fourth-order valence-corrected chi connectivity index (χ4v) is 8.67. The van der Waals surface area contributed by atoms with Gasteiger partial charge in [0.15, 0.2) is 0 Å². The normalized spacial score (nSPS) is 13.0. The second-order valence-corrected chi connectivity index (χ2v) is 14.5. The van der Waals surface area contributed by atoms with Crippen LogP contribution in [0.3, 0.4) is 0 Å². The molecule has 0 bridgehead atoms. The van der Waals surface area contributed by atoms with E-state index in [0.717, 1.165) is 17.1 Å². The first-order valence-corrected chi connectivity index (χ1v) is 18.2. The van der Waals surface area contributed by atoms with Crippen LogP contribution in [-0.2, 0) is 5.41 Å². The molecule has 9 aromatic rings. The van der Waals surface area contributed by atoms with Crippen molar-refractivity contribution in [3.63, 3.8) is 0 Å². The fourth-order valence-electron chi connectivity index (χ4n) is 8.67. The van der Waals surface area contributed by atoms with E-state index in [1.54, 1.807) is 0 Å². The molecule has 0 spiro atoms. The molecular formula is C51H37N. The summed E-state index contributed by atoms with van der Waals surface area (Å²) in [5.74, 6) is 0. The average molecular weight is 664 g/mol. The highest BCUT2D eigenvalue weighted by atomic mass is 15.1. The lowest BCUT2D eigenvalue weighted by molar-refractivity contribution is 0.661. The molecule has 52 heavy (non-hydrogen) atoms. The Kier molecular flexibility index (Phi) is 6.91. The van der Waals surface area contributed by atoms with Gasteiger partial charge in [-0.1, -0.05) is 153 Å². The van der Waals surface area contributed by atoms with Crippen LogP contribution in [0.15, 0.2) is 188 Å². The molecule has 0 aliphatic heterocycles. The smallest absolute Gasteiger partial charge is 0.0465 e. The number of para-hydroxylation sites is 1. The van der Waals surface area contributed by atoms with Crippen LogP contribution in [0.1, 0.15) is 25.0 Å². The summed E-state index contributed by atoms with van der Waals surface area (Å²) < 4.78 is 0. The number of anilines is 3. The second-order valence-electron chi connectivity index (χ2n) is 14.5. The van der Waals surface area contributed by atoms with E-state index in [1.165, 1.54) is 76.8 Å². The minimum atomic E-state index is -0.217. The van der Waals surface area contributed by atoms with E-state index in [1.807, 2.05) is 0 Å². The zero-order valence-corrected chi connectivity index (χ0v) is 29.3. The van der Waals surface area contributed by atoms with Crippen LogP contribution in [0.5, 0.6) is 0 Å². The molecule has 0 saturated heterocycles. The maximum atomic E-state index is 2.51. The maximum Gasteiger partial charge on any atom is 0.0465 e. The van der Waals surface area contributed by atoms with Gasteiger partial charge in [-0.05, 0) is 125 Å². The molecule has 0 N–H and O–H groups in total. The topological polar surface area (TPSA) is 3.24 Å². The Morgan fingerprint density at radius 2 is 0.865 bits per heavy atom. The molecule has 1 aliphatic rings. The molecule has 9 aromatic carbocycles. The lowest BCUT2D eigenvalue weighted by atomic mass is 9.80. The van der Waals surface area contributed by atoms with E-state index < -0.39 is 0 Å². The molecule has 0 atom stereocenters. The number of hydrogen-bond donors (Lipinski definition) is 0. The molecule has 0 radical (unpaired) electrons. The monoisotopic (exact) mass is 663 g/mol. The predicted molar refractivity (Wildman–Crippen MR) is 222 cm³/mol. The lowest BCUT2D eigenvalue weighted by Crippen LogP contribution is -2.16. The van der Waals surface area contributed by atoms with Crippen LogP contribution in [0, 0.1) is 0 Å². The minimum absolute atomic E-state index is 0.217. The third-order valence-corrected chi connectivity index (χ3v) is 11.2. The van der Waals surface area contributed by atoms with Gasteiger partial charge in [-0.3, -0.25) is 0 Å². The third kappa shape index (κ3) is 4.70. The van der Waals surface area contributed by atoms with Crippen molar-refractivity contribution in [1.82, 2.24) is 0 Å². The zero-order chi connectivity index (χ0) is 34.8. The van der Waals surface area contributed by atoms with Crippen molar-refractivity contribution in [2.24, 2.45) is 0 Å². The quantitative estimate of drug-likeness (QED) is 0.166. The van der Waals surface area contributed by atoms with Gasteiger partial charge >= 0.3 is 0 Å². The van der Waals surface area contributed by atoms with E-state index in [4.69, 9.17) is 0 Å². The highest BCUT2D eigenvalue weighted by Gasteiger charge is 2.38. The molecule has 1 aliphatic carbocycles. The highest BCUT2D eigenvalue weighted by Crippen LogP contribution is 2.55. The summed E-state index contributed by atoms with van der Waals surface area (Å²) in [5.41, 5.74) is 13.6. The van der Waals surface area contributed by atoms with Crippen molar-refractivity contribution in [3.8, 4) is 33.4 Å². The van der Waals surface area contributed by atoms with Gasteiger partial charge in [0, 0.05) is 22.5 Å². The summed E-state index contributed by atoms with van der Waals surface area (Å²) in [5, 5.41) is 7.75. The van der Waals surface area contributed by atoms with Gasteiger partial charge in [-0.25, -0.2) is 0 Å². The van der Waals surface area contributed by atoms with Gasteiger partial charge in [0.25, 0.3) is 0 Å². The Morgan fingerprint density at radius 3 is 1.60 bits per heavy atom. The molecule has 10 rings (SSSR count). The average Bonchev–Trinajstić information content (AvgIpc) is 3.43. The molecule has 0 saturated carbocycles. The first-order valence-electron chi connectivity index (χ1n) is 18.2. The Labute approximate surface area is 305 Å². The van der Waals surface area contributed by atoms with E-state index in [-0.39, 0.29) is 5.41 Å². The third-order valence-electron chi connectivity index (χ3n) is 11.2. The van der Waals surface area contributed by atoms with Crippen molar-refractivity contribution in [1.29, 1.82) is 0 Å². The van der Waals surface area contributed by atoms with E-state index in [2.05, 4.69) is 207 Å². The molecule has 0 amide bonds. The number of nitrogens with zero attached hydrogens (tertiary/aromatic N) is 1.